The van der Waals surface area contributed by atoms with Crippen LogP contribution < -0.4 is 0 Å². The van der Waals surface area contributed by atoms with Crippen molar-refractivity contribution >= 4 is 13.1 Å². The summed E-state index contributed by atoms with van der Waals surface area (Å²) in [6.45, 7) is 14.5. The average molecular weight is 270 g/mol. The van der Waals surface area contributed by atoms with E-state index in [1.807, 2.05) is 48.5 Å². The fraction of sp³-hybridized carbons (Fsp3) is 0.929. The zero-order chi connectivity index (χ0) is 14.8. The molecule has 1 atom stereocenters. The van der Waals surface area contributed by atoms with Crippen LogP contribution in [-0.4, -0.2) is 30.9 Å². The fourth-order valence-electron chi connectivity index (χ4n) is 1.80. The van der Waals surface area contributed by atoms with Crippen LogP contribution in [-0.2, 0) is 18.8 Å². The summed E-state index contributed by atoms with van der Waals surface area (Å²) in [7, 11) is -0.350. The van der Waals surface area contributed by atoms with Crippen LogP contribution in [0, 0.1) is 5.92 Å². The van der Waals surface area contributed by atoms with E-state index in [1.165, 1.54) is 0 Å². The molecule has 1 aliphatic rings. The topological polar surface area (TPSA) is 44.8 Å². The van der Waals surface area contributed by atoms with Crippen LogP contribution in [0.15, 0.2) is 0 Å². The summed E-state index contributed by atoms with van der Waals surface area (Å²) < 4.78 is 17.0. The van der Waals surface area contributed by atoms with Crippen LogP contribution in [0.3, 0.4) is 0 Å². The second-order valence-corrected chi connectivity index (χ2v) is 6.88. The van der Waals surface area contributed by atoms with Crippen molar-refractivity contribution in [2.75, 3.05) is 6.61 Å². The van der Waals surface area contributed by atoms with Gasteiger partial charge in [0.25, 0.3) is 0 Å². The molecule has 0 aliphatic carbocycles. The SMILES string of the molecule is CC(C)COC(=O)CC(C)B1OC(C)(C)C(C)(C)O1. The molecule has 1 unspecified atom stereocenters. The first kappa shape index (κ1) is 16.5. The minimum atomic E-state index is -0.353. The molecule has 0 bridgehead atoms. The molecule has 0 aromatic carbocycles. The summed E-state index contributed by atoms with van der Waals surface area (Å²) >= 11 is 0. The third-order valence-corrected chi connectivity index (χ3v) is 3.80. The predicted molar refractivity (Wildman–Crippen MR) is 75.9 cm³/mol. The lowest BCUT2D eigenvalue weighted by Gasteiger charge is -2.32. The van der Waals surface area contributed by atoms with E-state index in [2.05, 4.69) is 0 Å². The number of hydrogen-bond acceptors (Lipinski definition) is 4. The van der Waals surface area contributed by atoms with E-state index in [-0.39, 0.29) is 30.1 Å². The molecule has 110 valence electrons. The van der Waals surface area contributed by atoms with Crippen molar-refractivity contribution in [2.45, 2.75) is 71.9 Å². The van der Waals surface area contributed by atoms with Crippen molar-refractivity contribution in [1.82, 2.24) is 0 Å². The highest BCUT2D eigenvalue weighted by molar-refractivity contribution is 6.47. The molecule has 1 aliphatic heterocycles. The zero-order valence-electron chi connectivity index (χ0n) is 13.3. The Bertz CT molecular complexity index is 309. The molecule has 19 heavy (non-hydrogen) atoms. The van der Waals surface area contributed by atoms with E-state index < -0.39 is 0 Å². The molecule has 0 radical (unpaired) electrons. The van der Waals surface area contributed by atoms with Gasteiger partial charge < -0.3 is 14.0 Å². The lowest BCUT2D eigenvalue weighted by molar-refractivity contribution is -0.144. The van der Waals surface area contributed by atoms with Gasteiger partial charge in [0.15, 0.2) is 0 Å². The normalized spacial score (nSPS) is 22.6. The summed E-state index contributed by atoms with van der Waals surface area (Å²) in [5.41, 5.74) is -0.707. The fourth-order valence-corrected chi connectivity index (χ4v) is 1.80. The van der Waals surface area contributed by atoms with Crippen LogP contribution in [0.4, 0.5) is 0 Å². The van der Waals surface area contributed by atoms with Gasteiger partial charge in [0.2, 0.25) is 0 Å². The maximum atomic E-state index is 11.7. The third kappa shape index (κ3) is 4.21. The molecule has 0 aromatic rings. The third-order valence-electron chi connectivity index (χ3n) is 3.80. The van der Waals surface area contributed by atoms with Gasteiger partial charge in [-0.25, -0.2) is 0 Å². The Morgan fingerprint density at radius 2 is 1.58 bits per heavy atom. The number of esters is 1. The molecule has 0 amide bonds. The highest BCUT2D eigenvalue weighted by Crippen LogP contribution is 2.40. The summed E-state index contributed by atoms with van der Waals surface area (Å²) in [6, 6.07) is 0. The second kappa shape index (κ2) is 5.84. The quantitative estimate of drug-likeness (QED) is 0.569. The van der Waals surface area contributed by atoms with Crippen molar-refractivity contribution in [3.63, 3.8) is 0 Å². The molecule has 4 nitrogen and oxygen atoms in total. The van der Waals surface area contributed by atoms with Gasteiger partial charge >= 0.3 is 13.1 Å². The Morgan fingerprint density at radius 1 is 1.11 bits per heavy atom. The molecule has 0 aromatic heterocycles. The largest absolute Gasteiger partial charge is 0.465 e. The number of rotatable bonds is 5. The van der Waals surface area contributed by atoms with E-state index >= 15 is 0 Å². The highest BCUT2D eigenvalue weighted by atomic mass is 16.7. The standard InChI is InChI=1S/C14H27BO4/c1-10(2)9-17-12(16)8-11(3)15-18-13(4,5)14(6,7)19-15/h10-11H,8-9H2,1-7H3. The molecular formula is C14H27BO4. The Balaban J connectivity index is 2.48. The lowest BCUT2D eigenvalue weighted by Crippen LogP contribution is -2.41. The van der Waals surface area contributed by atoms with Crippen molar-refractivity contribution in [2.24, 2.45) is 5.92 Å². The maximum absolute atomic E-state index is 11.7. The van der Waals surface area contributed by atoms with Crippen LogP contribution in [0.25, 0.3) is 0 Å². The van der Waals surface area contributed by atoms with Gasteiger partial charge in [-0.2, -0.15) is 0 Å². The molecule has 1 fully saturated rings. The van der Waals surface area contributed by atoms with E-state index in [0.717, 1.165) is 0 Å². The first-order valence-corrected chi connectivity index (χ1v) is 7.06. The highest BCUT2D eigenvalue weighted by Gasteiger charge is 2.52. The van der Waals surface area contributed by atoms with Gasteiger partial charge in [-0.05, 0) is 33.6 Å². The first-order valence-electron chi connectivity index (χ1n) is 7.06. The molecule has 0 N–H and O–H groups in total. The maximum Gasteiger partial charge on any atom is 0.461 e. The average Bonchev–Trinajstić information content (AvgIpc) is 2.45. The summed E-state index contributed by atoms with van der Waals surface area (Å²) in [6.07, 6.45) is 0.323. The summed E-state index contributed by atoms with van der Waals surface area (Å²) in [5.74, 6) is 0.160. The molecule has 0 spiro atoms. The van der Waals surface area contributed by atoms with Gasteiger partial charge in [-0.3, -0.25) is 4.79 Å². The van der Waals surface area contributed by atoms with Crippen LogP contribution in [0.1, 0.15) is 54.9 Å². The molecular weight excluding hydrogens is 243 g/mol. The monoisotopic (exact) mass is 270 g/mol. The molecule has 0 saturated carbocycles. The summed E-state index contributed by atoms with van der Waals surface area (Å²) in [5, 5.41) is 0. The first-order chi connectivity index (χ1) is 8.55. The predicted octanol–water partition coefficient (Wildman–Crippen LogP) is 3.06. The van der Waals surface area contributed by atoms with Crippen molar-refractivity contribution in [1.29, 1.82) is 0 Å². The molecule has 1 heterocycles. The summed E-state index contributed by atoms with van der Waals surface area (Å²) in [4.78, 5) is 11.7. The number of carbonyl (C=O) groups excluding carboxylic acids is 1. The number of carbonyl (C=O) groups is 1. The van der Waals surface area contributed by atoms with Gasteiger partial charge in [0, 0.05) is 12.2 Å². The number of hydrogen-bond donors (Lipinski definition) is 0. The Labute approximate surface area is 117 Å². The van der Waals surface area contributed by atoms with E-state index in [1.54, 1.807) is 0 Å². The van der Waals surface area contributed by atoms with Crippen LogP contribution >= 0.6 is 0 Å². The van der Waals surface area contributed by atoms with Crippen molar-refractivity contribution < 1.29 is 18.8 Å². The Kier molecular flexibility index (Phi) is 5.07. The Hall–Kier alpha value is -0.545. The van der Waals surface area contributed by atoms with Gasteiger partial charge in [0.1, 0.15) is 0 Å². The second-order valence-electron chi connectivity index (χ2n) is 6.88. The van der Waals surface area contributed by atoms with Gasteiger partial charge in [-0.15, -0.1) is 0 Å². The van der Waals surface area contributed by atoms with E-state index in [0.29, 0.717) is 18.9 Å². The van der Waals surface area contributed by atoms with Gasteiger partial charge in [-0.1, -0.05) is 20.8 Å². The van der Waals surface area contributed by atoms with Crippen LogP contribution in [0.5, 0.6) is 0 Å². The molecule has 5 heteroatoms. The zero-order valence-corrected chi connectivity index (χ0v) is 13.3. The minimum Gasteiger partial charge on any atom is -0.465 e. The minimum absolute atomic E-state index is 0.0132. The molecule has 1 saturated heterocycles. The lowest BCUT2D eigenvalue weighted by atomic mass is 9.71. The molecule has 1 rings (SSSR count). The van der Waals surface area contributed by atoms with E-state index in [9.17, 15) is 4.79 Å². The van der Waals surface area contributed by atoms with Crippen molar-refractivity contribution in [3.05, 3.63) is 0 Å². The smallest absolute Gasteiger partial charge is 0.461 e. The Morgan fingerprint density at radius 3 is 2.00 bits per heavy atom. The van der Waals surface area contributed by atoms with Crippen LogP contribution in [0.2, 0.25) is 5.82 Å². The van der Waals surface area contributed by atoms with Gasteiger partial charge in [0.05, 0.1) is 17.8 Å². The van der Waals surface area contributed by atoms with E-state index in [4.69, 9.17) is 14.0 Å². The van der Waals surface area contributed by atoms with Crippen molar-refractivity contribution in [3.8, 4) is 0 Å². The number of ether oxygens (including phenoxy) is 1.